The number of carbonyl (C=O) groups excluding carboxylic acids is 3. The molecule has 1 N–H and O–H groups in total. The van der Waals surface area contributed by atoms with Gasteiger partial charge in [-0.3, -0.25) is 19.3 Å². The van der Waals surface area contributed by atoms with Crippen molar-refractivity contribution in [2.75, 3.05) is 48.5 Å². The second-order valence-electron chi connectivity index (χ2n) is 8.18. The zero-order valence-corrected chi connectivity index (χ0v) is 17.6. The monoisotopic (exact) mass is 438 g/mol. The van der Waals surface area contributed by atoms with Gasteiger partial charge in [-0.1, -0.05) is 6.07 Å². The average molecular weight is 438 g/mol. The topological polar surface area (TPSA) is 82.2 Å². The Bertz CT molecular complexity index is 1120. The van der Waals surface area contributed by atoms with E-state index >= 15 is 0 Å². The van der Waals surface area contributed by atoms with Gasteiger partial charge in [0.15, 0.2) is 0 Å². The van der Waals surface area contributed by atoms with Gasteiger partial charge in [0.2, 0.25) is 11.6 Å². The third-order valence-electron chi connectivity index (χ3n) is 6.44. The van der Waals surface area contributed by atoms with Gasteiger partial charge in [-0.15, -0.1) is 0 Å². The number of amides is 3. The molecule has 9 heteroatoms. The first kappa shape index (κ1) is 20.4. The van der Waals surface area contributed by atoms with Crippen LogP contribution in [0, 0.1) is 5.82 Å². The number of morpholine rings is 1. The van der Waals surface area contributed by atoms with Crippen molar-refractivity contribution in [3.05, 3.63) is 53.8 Å². The Hall–Kier alpha value is -3.46. The molecule has 166 valence electrons. The zero-order valence-electron chi connectivity index (χ0n) is 17.6. The summed E-state index contributed by atoms with van der Waals surface area (Å²) in [4.78, 5) is 44.7. The lowest BCUT2D eigenvalue weighted by molar-refractivity contribution is -0.128. The number of benzene rings is 2. The van der Waals surface area contributed by atoms with Crippen LogP contribution in [0.2, 0.25) is 0 Å². The van der Waals surface area contributed by atoms with Crippen molar-refractivity contribution in [3.8, 4) is 0 Å². The Balaban J connectivity index is 1.57. The van der Waals surface area contributed by atoms with Crippen LogP contribution in [0.1, 0.15) is 23.2 Å². The molecule has 1 atom stereocenters. The minimum Gasteiger partial charge on any atom is -0.378 e. The number of rotatable bonds is 3. The molecule has 0 aliphatic carbocycles. The van der Waals surface area contributed by atoms with Gasteiger partial charge in [-0.2, -0.15) is 0 Å². The molecule has 0 spiro atoms. The van der Waals surface area contributed by atoms with Crippen LogP contribution in [0.5, 0.6) is 0 Å². The SMILES string of the molecule is CN1C(=O)c2ccc(N3CCOCC3)cc2N2C(=O)CCC12C(=O)Nc1cccc(F)c1. The maximum Gasteiger partial charge on any atom is 0.271 e. The molecule has 3 aliphatic heterocycles. The van der Waals surface area contributed by atoms with Gasteiger partial charge in [0, 0.05) is 44.4 Å². The summed E-state index contributed by atoms with van der Waals surface area (Å²) in [5, 5.41) is 2.70. The van der Waals surface area contributed by atoms with Crippen molar-refractivity contribution in [2.45, 2.75) is 18.5 Å². The predicted molar refractivity (Wildman–Crippen MR) is 116 cm³/mol. The molecule has 3 amide bonds. The summed E-state index contributed by atoms with van der Waals surface area (Å²) in [6.45, 7) is 2.60. The number of ether oxygens (including phenoxy) is 1. The van der Waals surface area contributed by atoms with E-state index in [9.17, 15) is 18.8 Å². The summed E-state index contributed by atoms with van der Waals surface area (Å²) < 4.78 is 19.1. The normalized spacial score (nSPS) is 22.6. The molecular formula is C23H23FN4O4. The van der Waals surface area contributed by atoms with Gasteiger partial charge < -0.3 is 19.9 Å². The second-order valence-corrected chi connectivity index (χ2v) is 8.18. The number of nitrogens with zero attached hydrogens (tertiary/aromatic N) is 3. The summed E-state index contributed by atoms with van der Waals surface area (Å²) in [6, 6.07) is 10.9. The van der Waals surface area contributed by atoms with Crippen LogP contribution in [-0.2, 0) is 14.3 Å². The Morgan fingerprint density at radius 3 is 2.66 bits per heavy atom. The Labute approximate surface area is 184 Å². The van der Waals surface area contributed by atoms with Crippen LogP contribution in [-0.4, -0.2) is 61.6 Å². The number of anilines is 3. The van der Waals surface area contributed by atoms with Crippen molar-refractivity contribution < 1.29 is 23.5 Å². The van der Waals surface area contributed by atoms with E-state index in [1.807, 2.05) is 6.07 Å². The third-order valence-corrected chi connectivity index (χ3v) is 6.44. The fraction of sp³-hybridized carbons (Fsp3) is 0.348. The van der Waals surface area contributed by atoms with E-state index in [1.54, 1.807) is 18.2 Å². The fourth-order valence-electron chi connectivity index (χ4n) is 4.78. The fourth-order valence-corrected chi connectivity index (χ4v) is 4.78. The number of carbonyl (C=O) groups is 3. The molecule has 0 aromatic heterocycles. The van der Waals surface area contributed by atoms with Crippen LogP contribution in [0.3, 0.4) is 0 Å². The first-order chi connectivity index (χ1) is 15.4. The predicted octanol–water partition coefficient (Wildman–Crippen LogP) is 2.21. The summed E-state index contributed by atoms with van der Waals surface area (Å²) in [5.74, 6) is -1.62. The number of hydrogen-bond donors (Lipinski definition) is 1. The van der Waals surface area contributed by atoms with Gasteiger partial charge in [0.1, 0.15) is 5.82 Å². The van der Waals surface area contributed by atoms with Crippen molar-refractivity contribution in [1.29, 1.82) is 0 Å². The lowest BCUT2D eigenvalue weighted by Crippen LogP contribution is -2.68. The summed E-state index contributed by atoms with van der Waals surface area (Å²) in [5.41, 5.74) is 0.403. The highest BCUT2D eigenvalue weighted by Crippen LogP contribution is 2.45. The Morgan fingerprint density at radius 2 is 1.91 bits per heavy atom. The number of halogens is 1. The van der Waals surface area contributed by atoms with E-state index in [2.05, 4.69) is 10.2 Å². The van der Waals surface area contributed by atoms with E-state index in [4.69, 9.17) is 4.74 Å². The standard InChI is InChI=1S/C23H23FN4O4/c1-26-21(30)18-6-5-17(27-9-11-32-12-10-27)14-19(18)28-20(29)7-8-23(26,28)22(31)25-16-4-2-3-15(24)13-16/h2-6,13-14H,7-12H2,1H3,(H,25,31). The number of likely N-dealkylation sites (N-methyl/N-ethyl adjacent to an activating group) is 1. The smallest absolute Gasteiger partial charge is 0.271 e. The van der Waals surface area contributed by atoms with Gasteiger partial charge in [0.25, 0.3) is 11.8 Å². The van der Waals surface area contributed by atoms with E-state index in [0.29, 0.717) is 37.6 Å². The summed E-state index contributed by atoms with van der Waals surface area (Å²) in [7, 11) is 1.53. The number of fused-ring (bicyclic) bond motifs is 3. The highest BCUT2D eigenvalue weighted by molar-refractivity contribution is 6.18. The maximum atomic E-state index is 13.7. The van der Waals surface area contributed by atoms with E-state index < -0.39 is 17.4 Å². The van der Waals surface area contributed by atoms with Gasteiger partial charge in [-0.25, -0.2) is 4.39 Å². The molecule has 8 nitrogen and oxygen atoms in total. The van der Waals surface area contributed by atoms with Crippen molar-refractivity contribution in [1.82, 2.24) is 4.90 Å². The lowest BCUT2D eigenvalue weighted by Gasteiger charge is -2.47. The largest absolute Gasteiger partial charge is 0.378 e. The zero-order chi connectivity index (χ0) is 22.5. The molecule has 2 aromatic carbocycles. The third kappa shape index (κ3) is 3.03. The van der Waals surface area contributed by atoms with Crippen LogP contribution < -0.4 is 15.1 Å². The lowest BCUT2D eigenvalue weighted by atomic mass is 9.95. The van der Waals surface area contributed by atoms with E-state index in [-0.39, 0.29) is 30.3 Å². The molecule has 2 fully saturated rings. The number of nitrogens with one attached hydrogen (secondary N) is 1. The molecular weight excluding hydrogens is 415 g/mol. The Morgan fingerprint density at radius 1 is 1.12 bits per heavy atom. The first-order valence-electron chi connectivity index (χ1n) is 10.6. The molecule has 2 saturated heterocycles. The molecule has 32 heavy (non-hydrogen) atoms. The second kappa shape index (κ2) is 7.59. The molecule has 0 saturated carbocycles. The molecule has 2 aromatic rings. The van der Waals surface area contributed by atoms with E-state index in [1.165, 1.54) is 35.0 Å². The highest BCUT2D eigenvalue weighted by atomic mass is 19.1. The van der Waals surface area contributed by atoms with E-state index in [0.717, 1.165) is 5.69 Å². The van der Waals surface area contributed by atoms with Crippen molar-refractivity contribution in [2.24, 2.45) is 0 Å². The van der Waals surface area contributed by atoms with Crippen molar-refractivity contribution in [3.63, 3.8) is 0 Å². The van der Waals surface area contributed by atoms with Gasteiger partial charge >= 0.3 is 0 Å². The molecule has 5 rings (SSSR count). The minimum atomic E-state index is -1.52. The van der Waals surface area contributed by atoms with Crippen molar-refractivity contribution >= 4 is 34.8 Å². The minimum absolute atomic E-state index is 0.120. The Kier molecular flexibility index (Phi) is 4.85. The molecule has 3 heterocycles. The van der Waals surface area contributed by atoms with Crippen LogP contribution in [0.4, 0.5) is 21.5 Å². The summed E-state index contributed by atoms with van der Waals surface area (Å²) >= 11 is 0. The molecule has 0 radical (unpaired) electrons. The number of hydrogen-bond acceptors (Lipinski definition) is 5. The summed E-state index contributed by atoms with van der Waals surface area (Å²) in [6.07, 6.45) is 0.270. The molecule has 3 aliphatic rings. The average Bonchev–Trinajstić information content (AvgIpc) is 3.16. The van der Waals surface area contributed by atoms with Gasteiger partial charge in [0.05, 0.1) is 24.5 Å². The quantitative estimate of drug-likeness (QED) is 0.795. The van der Waals surface area contributed by atoms with Crippen LogP contribution in [0.15, 0.2) is 42.5 Å². The highest BCUT2D eigenvalue weighted by Gasteiger charge is 2.59. The first-order valence-corrected chi connectivity index (χ1v) is 10.6. The van der Waals surface area contributed by atoms with Crippen LogP contribution in [0.25, 0.3) is 0 Å². The molecule has 1 unspecified atom stereocenters. The maximum absolute atomic E-state index is 13.7. The van der Waals surface area contributed by atoms with Gasteiger partial charge in [-0.05, 0) is 36.4 Å². The van der Waals surface area contributed by atoms with Crippen LogP contribution >= 0.6 is 0 Å². The molecule has 0 bridgehead atoms.